The van der Waals surface area contributed by atoms with Gasteiger partial charge in [-0.25, -0.2) is 0 Å². The summed E-state index contributed by atoms with van der Waals surface area (Å²) in [6, 6.07) is 1.90. The number of guanidine groups is 1. The number of alkyl halides is 3. The second kappa shape index (κ2) is 8.55. The maximum Gasteiger partial charge on any atom is 0.401 e. The van der Waals surface area contributed by atoms with E-state index in [1.807, 2.05) is 19.9 Å². The van der Waals surface area contributed by atoms with Crippen molar-refractivity contribution >= 4 is 5.96 Å². The Morgan fingerprint density at radius 3 is 2.80 bits per heavy atom. The minimum Gasteiger partial charge on any atom is -0.359 e. The van der Waals surface area contributed by atoms with Crippen LogP contribution < -0.4 is 10.6 Å². The van der Waals surface area contributed by atoms with E-state index in [2.05, 4.69) is 20.8 Å². The largest absolute Gasteiger partial charge is 0.401 e. The van der Waals surface area contributed by atoms with Crippen molar-refractivity contribution in [1.82, 2.24) is 20.7 Å². The predicted molar refractivity (Wildman–Crippen MR) is 89.4 cm³/mol. The van der Waals surface area contributed by atoms with Gasteiger partial charge in [0.1, 0.15) is 0 Å². The lowest BCUT2D eigenvalue weighted by molar-refractivity contribution is -0.143. The first-order valence-electron chi connectivity index (χ1n) is 8.46. The van der Waals surface area contributed by atoms with Crippen molar-refractivity contribution in [3.05, 3.63) is 17.5 Å². The Labute approximate surface area is 145 Å². The van der Waals surface area contributed by atoms with Crippen LogP contribution in [0.25, 0.3) is 0 Å². The molecule has 0 spiro atoms. The summed E-state index contributed by atoms with van der Waals surface area (Å²) < 4.78 is 42.5. The van der Waals surface area contributed by atoms with Crippen molar-refractivity contribution in [2.24, 2.45) is 10.9 Å². The van der Waals surface area contributed by atoms with Crippen molar-refractivity contribution in [2.75, 3.05) is 33.2 Å². The third kappa shape index (κ3) is 6.56. The molecule has 0 aliphatic carbocycles. The van der Waals surface area contributed by atoms with Crippen LogP contribution in [0.15, 0.2) is 15.6 Å². The standard InChI is InChI=1S/C16H26F3N5O/c1-11(2)14-6-13(25-23-14)8-22-15(20-3)21-7-12-4-5-24(9-12)10-16(17,18)19/h6,11-12H,4-5,7-10H2,1-3H3,(H2,20,21,22). The Morgan fingerprint density at radius 1 is 1.44 bits per heavy atom. The van der Waals surface area contributed by atoms with Crippen LogP contribution in [0.3, 0.4) is 0 Å². The summed E-state index contributed by atoms with van der Waals surface area (Å²) in [6.45, 7) is 5.21. The van der Waals surface area contributed by atoms with Gasteiger partial charge in [-0.15, -0.1) is 0 Å². The van der Waals surface area contributed by atoms with Crippen LogP contribution in [0.4, 0.5) is 13.2 Å². The molecule has 142 valence electrons. The van der Waals surface area contributed by atoms with Gasteiger partial charge in [0.2, 0.25) is 0 Å². The van der Waals surface area contributed by atoms with Crippen molar-refractivity contribution < 1.29 is 17.7 Å². The van der Waals surface area contributed by atoms with Crippen LogP contribution in [0, 0.1) is 5.92 Å². The fourth-order valence-corrected chi connectivity index (χ4v) is 2.79. The van der Waals surface area contributed by atoms with Crippen LogP contribution in [-0.2, 0) is 6.54 Å². The molecule has 0 amide bonds. The summed E-state index contributed by atoms with van der Waals surface area (Å²) in [5.74, 6) is 1.79. The first-order chi connectivity index (χ1) is 11.8. The number of hydrogen-bond donors (Lipinski definition) is 2. The summed E-state index contributed by atoms with van der Waals surface area (Å²) >= 11 is 0. The molecule has 2 heterocycles. The lowest BCUT2D eigenvalue weighted by Gasteiger charge is -2.18. The fraction of sp³-hybridized carbons (Fsp3) is 0.750. The first-order valence-corrected chi connectivity index (χ1v) is 8.46. The Bertz CT molecular complexity index is 570. The van der Waals surface area contributed by atoms with Gasteiger partial charge in [-0.2, -0.15) is 13.2 Å². The molecule has 0 bridgehead atoms. The van der Waals surface area contributed by atoms with E-state index < -0.39 is 12.7 Å². The topological polar surface area (TPSA) is 65.7 Å². The fourth-order valence-electron chi connectivity index (χ4n) is 2.79. The zero-order valence-electron chi connectivity index (χ0n) is 14.9. The number of halogens is 3. The molecule has 1 aliphatic rings. The summed E-state index contributed by atoms with van der Waals surface area (Å²) in [5, 5.41) is 10.3. The van der Waals surface area contributed by atoms with E-state index in [1.54, 1.807) is 7.05 Å². The van der Waals surface area contributed by atoms with Gasteiger partial charge in [0.25, 0.3) is 0 Å². The average Bonchev–Trinajstić information content (AvgIpc) is 3.15. The molecule has 1 saturated heterocycles. The minimum atomic E-state index is -4.13. The Morgan fingerprint density at radius 2 is 2.20 bits per heavy atom. The molecule has 0 aromatic carbocycles. The highest BCUT2D eigenvalue weighted by Gasteiger charge is 2.34. The maximum atomic E-state index is 12.4. The molecular weight excluding hydrogens is 335 g/mol. The Hall–Kier alpha value is -1.77. The second-order valence-electron chi connectivity index (χ2n) is 6.68. The number of aromatic nitrogens is 1. The van der Waals surface area contributed by atoms with Crippen molar-refractivity contribution in [3.8, 4) is 0 Å². The summed E-state index contributed by atoms with van der Waals surface area (Å²) in [6.07, 6.45) is -3.38. The van der Waals surface area contributed by atoms with Crippen LogP contribution in [0.2, 0.25) is 0 Å². The highest BCUT2D eigenvalue weighted by atomic mass is 19.4. The number of nitrogens with zero attached hydrogens (tertiary/aromatic N) is 3. The SMILES string of the molecule is CN=C(NCc1cc(C(C)C)no1)NCC1CCN(CC(F)(F)F)C1. The lowest BCUT2D eigenvalue weighted by atomic mass is 10.1. The highest BCUT2D eigenvalue weighted by molar-refractivity contribution is 5.79. The molecule has 1 atom stereocenters. The van der Waals surface area contributed by atoms with Gasteiger partial charge < -0.3 is 15.2 Å². The molecule has 0 saturated carbocycles. The molecule has 6 nitrogen and oxygen atoms in total. The van der Waals surface area contributed by atoms with Crippen molar-refractivity contribution in [2.45, 2.75) is 38.9 Å². The van der Waals surface area contributed by atoms with E-state index in [4.69, 9.17) is 4.52 Å². The average molecular weight is 361 g/mol. The minimum absolute atomic E-state index is 0.179. The molecular formula is C16H26F3N5O. The van der Waals surface area contributed by atoms with E-state index in [0.717, 1.165) is 12.1 Å². The Balaban J connectivity index is 1.72. The molecule has 2 N–H and O–H groups in total. The van der Waals surface area contributed by atoms with Crippen LogP contribution in [0.1, 0.15) is 37.6 Å². The number of nitrogens with one attached hydrogen (secondary N) is 2. The molecule has 9 heteroatoms. The molecule has 25 heavy (non-hydrogen) atoms. The van der Waals surface area contributed by atoms with Gasteiger partial charge in [-0.3, -0.25) is 9.89 Å². The summed E-state index contributed by atoms with van der Waals surface area (Å²) in [7, 11) is 1.65. The quantitative estimate of drug-likeness (QED) is 0.601. The zero-order valence-corrected chi connectivity index (χ0v) is 14.9. The molecule has 1 aromatic rings. The zero-order chi connectivity index (χ0) is 18.4. The molecule has 1 aromatic heterocycles. The third-order valence-electron chi connectivity index (χ3n) is 4.15. The highest BCUT2D eigenvalue weighted by Crippen LogP contribution is 2.22. The maximum absolute atomic E-state index is 12.4. The van der Waals surface area contributed by atoms with E-state index in [0.29, 0.717) is 43.8 Å². The predicted octanol–water partition coefficient (Wildman–Crippen LogP) is 2.35. The molecule has 1 fully saturated rings. The number of aliphatic imine (C=N–C) groups is 1. The van der Waals surface area contributed by atoms with Gasteiger partial charge in [0.15, 0.2) is 11.7 Å². The lowest BCUT2D eigenvalue weighted by Crippen LogP contribution is -2.40. The van der Waals surface area contributed by atoms with Gasteiger partial charge in [-0.1, -0.05) is 19.0 Å². The normalized spacial score (nSPS) is 19.6. The molecule has 0 radical (unpaired) electrons. The van der Waals surface area contributed by atoms with E-state index in [1.165, 1.54) is 4.90 Å². The second-order valence-corrected chi connectivity index (χ2v) is 6.68. The van der Waals surface area contributed by atoms with Gasteiger partial charge >= 0.3 is 6.18 Å². The third-order valence-corrected chi connectivity index (χ3v) is 4.15. The number of rotatable bonds is 6. The van der Waals surface area contributed by atoms with Crippen LogP contribution >= 0.6 is 0 Å². The van der Waals surface area contributed by atoms with E-state index in [9.17, 15) is 13.2 Å². The molecule has 1 unspecified atom stereocenters. The van der Waals surface area contributed by atoms with Crippen LogP contribution in [-0.4, -0.2) is 55.4 Å². The monoisotopic (exact) mass is 361 g/mol. The number of likely N-dealkylation sites (tertiary alicyclic amines) is 1. The van der Waals surface area contributed by atoms with Crippen molar-refractivity contribution in [3.63, 3.8) is 0 Å². The van der Waals surface area contributed by atoms with Crippen LogP contribution in [0.5, 0.6) is 0 Å². The van der Waals surface area contributed by atoms with Gasteiger partial charge in [-0.05, 0) is 24.8 Å². The summed E-state index contributed by atoms with van der Waals surface area (Å²) in [5.41, 5.74) is 0.899. The summed E-state index contributed by atoms with van der Waals surface area (Å²) in [4.78, 5) is 5.57. The number of hydrogen-bond acceptors (Lipinski definition) is 4. The van der Waals surface area contributed by atoms with E-state index >= 15 is 0 Å². The van der Waals surface area contributed by atoms with E-state index in [-0.39, 0.29) is 5.92 Å². The van der Waals surface area contributed by atoms with Crippen molar-refractivity contribution in [1.29, 1.82) is 0 Å². The Kier molecular flexibility index (Phi) is 6.69. The first kappa shape index (κ1) is 19.6. The molecule has 1 aliphatic heterocycles. The molecule has 2 rings (SSSR count). The van der Waals surface area contributed by atoms with Gasteiger partial charge in [0, 0.05) is 26.2 Å². The van der Waals surface area contributed by atoms with Gasteiger partial charge in [0.05, 0.1) is 18.8 Å². The smallest absolute Gasteiger partial charge is 0.359 e.